The quantitative estimate of drug-likeness (QED) is 0.455. The van der Waals surface area contributed by atoms with E-state index in [2.05, 4.69) is 26.0 Å². The maximum atomic E-state index is 6.00. The highest BCUT2D eigenvalue weighted by Gasteiger charge is 2.19. The van der Waals surface area contributed by atoms with Crippen molar-refractivity contribution >= 4 is 21.9 Å². The summed E-state index contributed by atoms with van der Waals surface area (Å²) in [6.07, 6.45) is 0. The first-order valence-corrected chi connectivity index (χ1v) is 6.72. The van der Waals surface area contributed by atoms with Crippen molar-refractivity contribution in [2.45, 2.75) is 13.8 Å². The fraction of sp³-hybridized carbons (Fsp3) is 0.111. The van der Waals surface area contributed by atoms with Gasteiger partial charge in [0.1, 0.15) is 11.2 Å². The molecule has 0 saturated heterocycles. The van der Waals surface area contributed by atoms with Gasteiger partial charge < -0.3 is 8.83 Å². The van der Waals surface area contributed by atoms with Gasteiger partial charge >= 0.3 is 0 Å². The van der Waals surface area contributed by atoms with Crippen molar-refractivity contribution in [3.63, 3.8) is 0 Å². The first-order chi connectivity index (χ1) is 9.75. The lowest BCUT2D eigenvalue weighted by Gasteiger charge is -1.95. The minimum Gasteiger partial charge on any atom is -0.452 e. The number of aryl methyl sites for hydroxylation is 2. The van der Waals surface area contributed by atoms with Gasteiger partial charge in [0.2, 0.25) is 0 Å². The van der Waals surface area contributed by atoms with E-state index in [0.717, 1.165) is 44.6 Å². The highest BCUT2D eigenvalue weighted by Crippen LogP contribution is 2.38. The van der Waals surface area contributed by atoms with Crippen LogP contribution in [0.1, 0.15) is 11.1 Å². The molecule has 2 aromatic carbocycles. The molecule has 2 heteroatoms. The Hall–Kier alpha value is -2.48. The zero-order valence-corrected chi connectivity index (χ0v) is 11.4. The normalized spacial score (nSPS) is 11.5. The van der Waals surface area contributed by atoms with Gasteiger partial charge in [-0.25, -0.2) is 0 Å². The highest BCUT2D eigenvalue weighted by molar-refractivity contribution is 5.91. The van der Waals surface area contributed by atoms with Gasteiger partial charge in [-0.3, -0.25) is 0 Å². The van der Waals surface area contributed by atoms with Crippen LogP contribution in [0.2, 0.25) is 0 Å². The Bertz CT molecular complexity index is 847. The summed E-state index contributed by atoms with van der Waals surface area (Å²) in [6, 6.07) is 16.2. The number of hydrogen-bond acceptors (Lipinski definition) is 2. The predicted octanol–water partition coefficient (Wildman–Crippen LogP) is 5.46. The number of rotatable bonds is 1. The van der Waals surface area contributed by atoms with Crippen molar-refractivity contribution < 1.29 is 8.83 Å². The van der Waals surface area contributed by atoms with Crippen molar-refractivity contribution in [2.75, 3.05) is 0 Å². The monoisotopic (exact) mass is 262 g/mol. The largest absolute Gasteiger partial charge is 0.452 e. The fourth-order valence-electron chi connectivity index (χ4n) is 2.78. The first kappa shape index (κ1) is 11.4. The Morgan fingerprint density at radius 2 is 1.00 bits per heavy atom. The number of para-hydroxylation sites is 2. The lowest BCUT2D eigenvalue weighted by atomic mass is 10.1. The Balaban J connectivity index is 2.06. The molecule has 0 radical (unpaired) electrons. The maximum absolute atomic E-state index is 6.00. The standard InChI is InChI=1S/C18H14O2/c1-11-13-7-3-5-9-15(13)19-17(11)18-12(2)14-8-4-6-10-16(14)20-18/h3-10H,1-2H3. The van der Waals surface area contributed by atoms with Crippen LogP contribution in [0.4, 0.5) is 0 Å². The molecule has 2 nitrogen and oxygen atoms in total. The summed E-state index contributed by atoms with van der Waals surface area (Å²) in [5.41, 5.74) is 4.06. The van der Waals surface area contributed by atoms with Gasteiger partial charge in [-0.2, -0.15) is 0 Å². The molecule has 0 N–H and O–H groups in total. The predicted molar refractivity (Wildman–Crippen MR) is 80.9 cm³/mol. The lowest BCUT2D eigenvalue weighted by molar-refractivity contribution is 0.565. The molecule has 0 aliphatic heterocycles. The highest BCUT2D eigenvalue weighted by atomic mass is 16.4. The van der Waals surface area contributed by atoms with Crippen LogP contribution in [-0.2, 0) is 0 Å². The number of fused-ring (bicyclic) bond motifs is 2. The van der Waals surface area contributed by atoms with E-state index in [0.29, 0.717) is 0 Å². The van der Waals surface area contributed by atoms with Crippen LogP contribution in [0.25, 0.3) is 33.5 Å². The van der Waals surface area contributed by atoms with Crippen molar-refractivity contribution in [1.82, 2.24) is 0 Å². The van der Waals surface area contributed by atoms with Crippen molar-refractivity contribution in [3.05, 3.63) is 59.7 Å². The Labute approximate surface area is 116 Å². The van der Waals surface area contributed by atoms with E-state index in [1.54, 1.807) is 0 Å². The average molecular weight is 262 g/mol. The Morgan fingerprint density at radius 1 is 0.600 bits per heavy atom. The van der Waals surface area contributed by atoms with Crippen molar-refractivity contribution in [3.8, 4) is 11.5 Å². The summed E-state index contributed by atoms with van der Waals surface area (Å²) < 4.78 is 12.0. The van der Waals surface area contributed by atoms with Gasteiger partial charge in [0.15, 0.2) is 11.5 Å². The van der Waals surface area contributed by atoms with Crippen LogP contribution in [0.3, 0.4) is 0 Å². The third kappa shape index (κ3) is 1.45. The summed E-state index contributed by atoms with van der Waals surface area (Å²) in [6.45, 7) is 4.15. The second-order valence-corrected chi connectivity index (χ2v) is 5.10. The molecule has 0 aliphatic rings. The van der Waals surface area contributed by atoms with Crippen LogP contribution in [-0.4, -0.2) is 0 Å². The molecule has 2 heterocycles. The van der Waals surface area contributed by atoms with E-state index < -0.39 is 0 Å². The van der Waals surface area contributed by atoms with Gasteiger partial charge in [0, 0.05) is 21.9 Å². The average Bonchev–Trinajstić information content (AvgIpc) is 2.98. The number of furan rings is 2. The molecule has 4 aromatic rings. The van der Waals surface area contributed by atoms with E-state index in [1.807, 2.05) is 36.4 Å². The van der Waals surface area contributed by atoms with Gasteiger partial charge in [-0.05, 0) is 26.0 Å². The minimum absolute atomic E-state index is 0.833. The van der Waals surface area contributed by atoms with Crippen LogP contribution < -0.4 is 0 Å². The molecular formula is C18H14O2. The van der Waals surface area contributed by atoms with E-state index in [1.165, 1.54) is 0 Å². The first-order valence-electron chi connectivity index (χ1n) is 6.72. The van der Waals surface area contributed by atoms with Gasteiger partial charge in [0.25, 0.3) is 0 Å². The van der Waals surface area contributed by atoms with Gasteiger partial charge in [0.05, 0.1) is 0 Å². The van der Waals surface area contributed by atoms with E-state index in [9.17, 15) is 0 Å². The van der Waals surface area contributed by atoms with Gasteiger partial charge in [-0.15, -0.1) is 0 Å². The smallest absolute Gasteiger partial charge is 0.173 e. The number of benzene rings is 2. The molecular weight excluding hydrogens is 248 g/mol. The Morgan fingerprint density at radius 3 is 1.40 bits per heavy atom. The summed E-state index contributed by atoms with van der Waals surface area (Å²) in [5, 5.41) is 2.28. The van der Waals surface area contributed by atoms with Crippen LogP contribution >= 0.6 is 0 Å². The molecule has 0 aliphatic carbocycles. The van der Waals surface area contributed by atoms with E-state index in [4.69, 9.17) is 8.83 Å². The Kier molecular flexibility index (Phi) is 2.27. The topological polar surface area (TPSA) is 26.3 Å². The molecule has 0 atom stereocenters. The second-order valence-electron chi connectivity index (χ2n) is 5.10. The zero-order valence-electron chi connectivity index (χ0n) is 11.4. The van der Waals surface area contributed by atoms with Crippen molar-refractivity contribution in [2.24, 2.45) is 0 Å². The minimum atomic E-state index is 0.833. The summed E-state index contributed by atoms with van der Waals surface area (Å²) >= 11 is 0. The van der Waals surface area contributed by atoms with E-state index >= 15 is 0 Å². The molecule has 0 amide bonds. The third-order valence-corrected chi connectivity index (χ3v) is 3.89. The molecule has 0 bridgehead atoms. The summed E-state index contributed by atoms with van der Waals surface area (Å²) in [7, 11) is 0. The molecule has 0 fully saturated rings. The molecule has 98 valence electrons. The third-order valence-electron chi connectivity index (χ3n) is 3.89. The molecule has 0 spiro atoms. The van der Waals surface area contributed by atoms with Gasteiger partial charge in [-0.1, -0.05) is 36.4 Å². The van der Waals surface area contributed by atoms with Crippen molar-refractivity contribution in [1.29, 1.82) is 0 Å². The molecule has 20 heavy (non-hydrogen) atoms. The molecule has 4 rings (SSSR count). The molecule has 2 aromatic heterocycles. The lowest BCUT2D eigenvalue weighted by Crippen LogP contribution is -1.77. The second kappa shape index (κ2) is 4.01. The maximum Gasteiger partial charge on any atom is 0.173 e. The van der Waals surface area contributed by atoms with Crippen LogP contribution in [0.5, 0.6) is 0 Å². The number of hydrogen-bond donors (Lipinski definition) is 0. The SMILES string of the molecule is Cc1c(-c2oc3ccccc3c2C)oc2ccccc12. The van der Waals surface area contributed by atoms with E-state index in [-0.39, 0.29) is 0 Å². The fourth-order valence-corrected chi connectivity index (χ4v) is 2.78. The zero-order chi connectivity index (χ0) is 13.7. The summed E-state index contributed by atoms with van der Waals surface area (Å²) in [4.78, 5) is 0. The molecule has 0 unspecified atom stereocenters. The molecule has 0 saturated carbocycles. The summed E-state index contributed by atoms with van der Waals surface area (Å²) in [5.74, 6) is 1.67. The van der Waals surface area contributed by atoms with Crippen LogP contribution in [0, 0.1) is 13.8 Å². The van der Waals surface area contributed by atoms with Crippen LogP contribution in [0.15, 0.2) is 57.4 Å².